The molecule has 0 bridgehead atoms. The first-order chi connectivity index (χ1) is 14.8. The topological polar surface area (TPSA) is 104 Å². The van der Waals surface area contributed by atoms with Gasteiger partial charge in [0, 0.05) is 13.7 Å². The third-order valence-corrected chi connectivity index (χ3v) is 7.48. The molecule has 1 aromatic heterocycles. The van der Waals surface area contributed by atoms with Gasteiger partial charge in [0.2, 0.25) is 0 Å². The van der Waals surface area contributed by atoms with Crippen molar-refractivity contribution in [1.29, 1.82) is 0 Å². The van der Waals surface area contributed by atoms with E-state index < -0.39 is 21.7 Å². The number of esters is 1. The SMILES string of the molecule is CCS(=O)(=O)c1ccccc1C(=O)N=c1sc2cc(C(=O)OC)ccc2n1CCOC. The molecule has 0 fully saturated rings. The monoisotopic (exact) mass is 462 g/mol. The summed E-state index contributed by atoms with van der Waals surface area (Å²) < 4.78 is 37.3. The summed E-state index contributed by atoms with van der Waals surface area (Å²) >= 11 is 1.22. The summed E-state index contributed by atoms with van der Waals surface area (Å²) in [5.74, 6) is -1.24. The lowest BCUT2D eigenvalue weighted by Crippen LogP contribution is -2.20. The third-order valence-electron chi connectivity index (χ3n) is 4.65. The molecule has 164 valence electrons. The predicted octanol–water partition coefficient (Wildman–Crippen LogP) is 2.67. The second-order valence-corrected chi connectivity index (χ2v) is 9.78. The van der Waals surface area contributed by atoms with Crippen molar-refractivity contribution < 1.29 is 27.5 Å². The van der Waals surface area contributed by atoms with E-state index in [1.54, 1.807) is 42.0 Å². The summed E-state index contributed by atoms with van der Waals surface area (Å²) in [6, 6.07) is 11.1. The second-order valence-electron chi connectivity index (χ2n) is 6.52. The number of fused-ring (bicyclic) bond motifs is 1. The van der Waals surface area contributed by atoms with E-state index in [4.69, 9.17) is 9.47 Å². The number of nitrogens with zero attached hydrogens (tertiary/aromatic N) is 2. The molecule has 3 aromatic rings. The Labute approximate surface area is 183 Å². The number of hydrogen-bond acceptors (Lipinski definition) is 7. The van der Waals surface area contributed by atoms with Crippen LogP contribution >= 0.6 is 11.3 Å². The molecule has 0 unspecified atom stereocenters. The fraction of sp³-hybridized carbons (Fsp3) is 0.286. The summed E-state index contributed by atoms with van der Waals surface area (Å²) in [5, 5.41) is 0. The Hall–Kier alpha value is -2.82. The highest BCUT2D eigenvalue weighted by atomic mass is 32.2. The van der Waals surface area contributed by atoms with Crippen LogP contribution in [0.3, 0.4) is 0 Å². The summed E-state index contributed by atoms with van der Waals surface area (Å²) in [7, 11) is -0.715. The van der Waals surface area contributed by atoms with Gasteiger partial charge in [-0.05, 0) is 30.3 Å². The smallest absolute Gasteiger partial charge is 0.337 e. The highest BCUT2D eigenvalue weighted by Crippen LogP contribution is 2.21. The molecule has 0 saturated carbocycles. The highest BCUT2D eigenvalue weighted by Gasteiger charge is 2.21. The lowest BCUT2D eigenvalue weighted by molar-refractivity contribution is 0.0600. The molecule has 0 spiro atoms. The van der Waals surface area contributed by atoms with Crippen molar-refractivity contribution in [3.8, 4) is 0 Å². The first kappa shape index (κ1) is 22.9. The Morgan fingerprint density at radius 1 is 1.13 bits per heavy atom. The Kier molecular flexibility index (Phi) is 7.04. The van der Waals surface area contributed by atoms with Crippen molar-refractivity contribution in [3.63, 3.8) is 0 Å². The van der Waals surface area contributed by atoms with E-state index in [0.717, 1.165) is 10.2 Å². The van der Waals surface area contributed by atoms with Gasteiger partial charge in [0.15, 0.2) is 14.6 Å². The van der Waals surface area contributed by atoms with Gasteiger partial charge >= 0.3 is 5.97 Å². The average Bonchev–Trinajstić information content (AvgIpc) is 3.12. The van der Waals surface area contributed by atoms with Crippen molar-refractivity contribution in [2.75, 3.05) is 26.6 Å². The molecule has 0 aliphatic rings. The van der Waals surface area contributed by atoms with E-state index in [-0.39, 0.29) is 16.2 Å². The molecule has 0 aliphatic carbocycles. The van der Waals surface area contributed by atoms with Crippen LogP contribution in [-0.2, 0) is 25.9 Å². The number of amides is 1. The summed E-state index contributed by atoms with van der Waals surface area (Å²) in [6.45, 7) is 2.33. The molecule has 8 nitrogen and oxygen atoms in total. The maximum atomic E-state index is 13.0. The normalized spacial score (nSPS) is 12.3. The van der Waals surface area contributed by atoms with E-state index in [9.17, 15) is 18.0 Å². The molecule has 0 atom stereocenters. The number of carbonyl (C=O) groups excluding carboxylic acids is 2. The van der Waals surface area contributed by atoms with Crippen LogP contribution < -0.4 is 4.80 Å². The van der Waals surface area contributed by atoms with Crippen LogP contribution in [0, 0.1) is 0 Å². The Bertz CT molecular complexity index is 1300. The van der Waals surface area contributed by atoms with Gasteiger partial charge in [-0.2, -0.15) is 4.99 Å². The van der Waals surface area contributed by atoms with Crippen molar-refractivity contribution >= 4 is 43.3 Å². The standard InChI is InChI=1S/C21H22N2O6S2/c1-4-31(26,27)18-8-6-5-7-15(18)19(24)22-21-23(11-12-28-2)16-10-9-14(20(25)29-3)13-17(16)30-21/h5-10,13H,4,11-12H2,1-3H3. The van der Waals surface area contributed by atoms with Gasteiger partial charge < -0.3 is 14.0 Å². The van der Waals surface area contributed by atoms with Gasteiger partial charge in [0.05, 0.1) is 45.7 Å². The zero-order valence-electron chi connectivity index (χ0n) is 17.3. The zero-order chi connectivity index (χ0) is 22.6. The van der Waals surface area contributed by atoms with Crippen LogP contribution in [0.15, 0.2) is 52.4 Å². The summed E-state index contributed by atoms with van der Waals surface area (Å²) in [6.07, 6.45) is 0. The number of benzene rings is 2. The van der Waals surface area contributed by atoms with Gasteiger partial charge in [-0.3, -0.25) is 4.79 Å². The Morgan fingerprint density at radius 3 is 2.55 bits per heavy atom. The first-order valence-corrected chi connectivity index (χ1v) is 11.9. The van der Waals surface area contributed by atoms with Crippen LogP contribution in [-0.4, -0.2) is 51.4 Å². The molecule has 0 N–H and O–H groups in total. The molecule has 1 amide bonds. The van der Waals surface area contributed by atoms with Gasteiger partial charge in [-0.15, -0.1) is 0 Å². The van der Waals surface area contributed by atoms with Crippen molar-refractivity contribution in [3.05, 3.63) is 58.4 Å². The van der Waals surface area contributed by atoms with Crippen LogP contribution in [0.25, 0.3) is 10.2 Å². The van der Waals surface area contributed by atoms with Gasteiger partial charge in [0.25, 0.3) is 5.91 Å². The minimum Gasteiger partial charge on any atom is -0.465 e. The largest absolute Gasteiger partial charge is 0.465 e. The second kappa shape index (κ2) is 9.54. The minimum absolute atomic E-state index is 0.0235. The van der Waals surface area contributed by atoms with Crippen molar-refractivity contribution in [2.45, 2.75) is 18.4 Å². The number of sulfone groups is 1. The zero-order valence-corrected chi connectivity index (χ0v) is 19.0. The number of carbonyl (C=O) groups is 2. The molecule has 31 heavy (non-hydrogen) atoms. The maximum absolute atomic E-state index is 13.0. The number of hydrogen-bond donors (Lipinski definition) is 0. The Balaban J connectivity index is 2.17. The van der Waals surface area contributed by atoms with Crippen molar-refractivity contribution in [1.82, 2.24) is 4.57 Å². The minimum atomic E-state index is -3.59. The molecule has 2 aromatic carbocycles. The van der Waals surface area contributed by atoms with Crippen LogP contribution in [0.5, 0.6) is 0 Å². The highest BCUT2D eigenvalue weighted by molar-refractivity contribution is 7.91. The summed E-state index contributed by atoms with van der Waals surface area (Å²) in [4.78, 5) is 29.4. The fourth-order valence-corrected chi connectivity index (χ4v) is 5.20. The molecule has 10 heteroatoms. The summed E-state index contributed by atoms with van der Waals surface area (Å²) in [5.41, 5.74) is 1.18. The van der Waals surface area contributed by atoms with E-state index in [0.29, 0.717) is 23.5 Å². The molecule has 1 heterocycles. The first-order valence-electron chi connectivity index (χ1n) is 9.44. The van der Waals surface area contributed by atoms with E-state index >= 15 is 0 Å². The van der Waals surface area contributed by atoms with Crippen LogP contribution in [0.2, 0.25) is 0 Å². The van der Waals surface area contributed by atoms with Crippen molar-refractivity contribution in [2.24, 2.45) is 4.99 Å². The molecular formula is C21H22N2O6S2. The van der Waals surface area contributed by atoms with Gasteiger partial charge in [-0.25, -0.2) is 13.2 Å². The molecular weight excluding hydrogens is 440 g/mol. The number of aromatic nitrogens is 1. The third kappa shape index (κ3) is 4.76. The van der Waals surface area contributed by atoms with E-state index in [2.05, 4.69) is 4.99 Å². The fourth-order valence-electron chi connectivity index (χ4n) is 3.02. The molecule has 0 radical (unpaired) electrons. The molecule has 3 rings (SSSR count). The lowest BCUT2D eigenvalue weighted by atomic mass is 10.2. The van der Waals surface area contributed by atoms with Crippen LogP contribution in [0.1, 0.15) is 27.6 Å². The maximum Gasteiger partial charge on any atom is 0.337 e. The van der Waals surface area contributed by atoms with Crippen LogP contribution in [0.4, 0.5) is 0 Å². The predicted molar refractivity (Wildman–Crippen MR) is 117 cm³/mol. The lowest BCUT2D eigenvalue weighted by Gasteiger charge is -2.07. The average molecular weight is 463 g/mol. The Morgan fingerprint density at radius 2 is 1.87 bits per heavy atom. The number of ether oxygens (including phenoxy) is 2. The quantitative estimate of drug-likeness (QED) is 0.500. The van der Waals surface area contributed by atoms with E-state index in [1.807, 2.05) is 0 Å². The molecule has 0 saturated heterocycles. The number of thiazole rings is 1. The number of rotatable bonds is 7. The van der Waals surface area contributed by atoms with E-state index in [1.165, 1.54) is 37.5 Å². The van der Waals surface area contributed by atoms with Gasteiger partial charge in [-0.1, -0.05) is 30.4 Å². The number of methoxy groups -OCH3 is 2. The molecule has 0 aliphatic heterocycles. The van der Waals surface area contributed by atoms with Gasteiger partial charge in [0.1, 0.15) is 0 Å².